The summed E-state index contributed by atoms with van der Waals surface area (Å²) in [6.07, 6.45) is -1.46. The molecule has 29 heavy (non-hydrogen) atoms. The molecule has 158 valence electrons. The quantitative estimate of drug-likeness (QED) is 0.573. The van der Waals surface area contributed by atoms with Gasteiger partial charge in [0.2, 0.25) is 10.0 Å². The Bertz CT molecular complexity index is 1010. The summed E-state index contributed by atoms with van der Waals surface area (Å²) in [5.74, 6) is 0. The molecule has 0 saturated carbocycles. The van der Waals surface area contributed by atoms with E-state index >= 15 is 0 Å². The van der Waals surface area contributed by atoms with E-state index in [1.165, 1.54) is 27.4 Å². The first-order chi connectivity index (χ1) is 13.5. The molecule has 1 fully saturated rings. The predicted molar refractivity (Wildman–Crippen MR) is 96.7 cm³/mol. The molecule has 9 nitrogen and oxygen atoms in total. The van der Waals surface area contributed by atoms with Gasteiger partial charge in [-0.1, -0.05) is 0 Å². The molecule has 0 unspecified atom stereocenters. The van der Waals surface area contributed by atoms with E-state index in [4.69, 9.17) is 0 Å². The monoisotopic (exact) mass is 433 g/mol. The number of alkyl halides is 3. The van der Waals surface area contributed by atoms with Gasteiger partial charge in [-0.3, -0.25) is 14.8 Å². The Labute approximate surface area is 164 Å². The second-order valence-corrected chi connectivity index (χ2v) is 8.60. The first-order valence-corrected chi connectivity index (χ1v) is 10.0. The number of halogens is 3. The van der Waals surface area contributed by atoms with Gasteiger partial charge >= 0.3 is 6.18 Å². The molecule has 1 aromatic carbocycles. The smallest absolute Gasteiger partial charge is 0.382 e. The van der Waals surface area contributed by atoms with Crippen molar-refractivity contribution < 1.29 is 26.5 Å². The Kier molecular flexibility index (Phi) is 5.54. The van der Waals surface area contributed by atoms with Gasteiger partial charge in [0.25, 0.3) is 5.69 Å². The molecule has 2 heterocycles. The molecular weight excluding hydrogens is 415 g/mol. The lowest BCUT2D eigenvalue weighted by Crippen LogP contribution is -2.42. The summed E-state index contributed by atoms with van der Waals surface area (Å²) in [5, 5.41) is 17.6. The molecule has 2 aromatic rings. The fourth-order valence-electron chi connectivity index (χ4n) is 3.17. The summed E-state index contributed by atoms with van der Waals surface area (Å²) in [6, 6.07) is 2.47. The van der Waals surface area contributed by atoms with Crippen LogP contribution in [0.1, 0.15) is 18.4 Å². The van der Waals surface area contributed by atoms with E-state index in [1.807, 2.05) is 0 Å². The largest absolute Gasteiger partial charge is 0.423 e. The Balaban J connectivity index is 1.69. The summed E-state index contributed by atoms with van der Waals surface area (Å²) in [7, 11) is -2.07. The lowest BCUT2D eigenvalue weighted by molar-refractivity contribution is -0.388. The maximum absolute atomic E-state index is 13.1. The molecule has 0 amide bonds. The Hall–Kier alpha value is -2.67. The Morgan fingerprint density at radius 1 is 1.28 bits per heavy atom. The van der Waals surface area contributed by atoms with E-state index in [1.54, 1.807) is 7.05 Å². The van der Waals surface area contributed by atoms with Crippen LogP contribution in [-0.4, -0.2) is 46.6 Å². The van der Waals surface area contributed by atoms with Crippen LogP contribution in [0.15, 0.2) is 35.5 Å². The van der Waals surface area contributed by atoms with Crippen molar-refractivity contribution in [3.63, 3.8) is 0 Å². The van der Waals surface area contributed by atoms with Crippen LogP contribution in [0.4, 0.5) is 24.5 Å². The molecule has 0 radical (unpaired) electrons. The van der Waals surface area contributed by atoms with Crippen molar-refractivity contribution in [1.82, 2.24) is 14.1 Å². The number of rotatable bonds is 5. The molecule has 1 aromatic heterocycles. The Morgan fingerprint density at radius 2 is 1.93 bits per heavy atom. The zero-order chi connectivity index (χ0) is 21.4. The highest BCUT2D eigenvalue weighted by atomic mass is 32.2. The van der Waals surface area contributed by atoms with Crippen LogP contribution in [-0.2, 0) is 23.2 Å². The van der Waals surface area contributed by atoms with Gasteiger partial charge in [0, 0.05) is 44.1 Å². The minimum absolute atomic E-state index is 0.0802. The number of anilines is 1. The normalized spacial score (nSPS) is 16.7. The van der Waals surface area contributed by atoms with Gasteiger partial charge in [-0.05, 0) is 25.0 Å². The van der Waals surface area contributed by atoms with E-state index in [9.17, 15) is 31.7 Å². The first-order valence-electron chi connectivity index (χ1n) is 8.59. The van der Waals surface area contributed by atoms with Gasteiger partial charge < -0.3 is 5.32 Å². The molecule has 0 bridgehead atoms. The van der Waals surface area contributed by atoms with Crippen molar-refractivity contribution in [2.75, 3.05) is 18.4 Å². The molecule has 0 aliphatic carbocycles. The third kappa shape index (κ3) is 4.50. The van der Waals surface area contributed by atoms with Crippen LogP contribution >= 0.6 is 0 Å². The predicted octanol–water partition coefficient (Wildman–Crippen LogP) is 2.61. The minimum atomic E-state index is -4.86. The van der Waals surface area contributed by atoms with E-state index < -0.39 is 32.4 Å². The van der Waals surface area contributed by atoms with Crippen LogP contribution in [0.5, 0.6) is 0 Å². The molecule has 1 N–H and O–H groups in total. The zero-order valence-corrected chi connectivity index (χ0v) is 16.1. The van der Waals surface area contributed by atoms with Crippen molar-refractivity contribution in [2.24, 2.45) is 7.05 Å². The fraction of sp³-hybridized carbons (Fsp3) is 0.438. The second-order valence-electron chi connectivity index (χ2n) is 6.66. The van der Waals surface area contributed by atoms with Crippen LogP contribution in [0.25, 0.3) is 0 Å². The van der Waals surface area contributed by atoms with Crippen LogP contribution in [0.3, 0.4) is 0 Å². The van der Waals surface area contributed by atoms with E-state index in [0.717, 1.165) is 6.07 Å². The van der Waals surface area contributed by atoms with Crippen molar-refractivity contribution >= 4 is 21.4 Å². The van der Waals surface area contributed by atoms with Gasteiger partial charge in [-0.2, -0.15) is 22.6 Å². The number of nitro groups is 1. The number of piperidine rings is 1. The second kappa shape index (κ2) is 7.63. The topological polar surface area (TPSA) is 110 Å². The van der Waals surface area contributed by atoms with Crippen molar-refractivity contribution in [3.05, 3.63) is 46.3 Å². The number of nitro benzene ring substituents is 1. The van der Waals surface area contributed by atoms with Gasteiger partial charge in [0.1, 0.15) is 10.5 Å². The molecule has 3 rings (SSSR count). The molecular formula is C16H18F3N5O4S. The van der Waals surface area contributed by atoms with Crippen molar-refractivity contribution in [2.45, 2.75) is 30.0 Å². The first kappa shape index (κ1) is 21.0. The number of benzene rings is 1. The summed E-state index contributed by atoms with van der Waals surface area (Å²) in [4.78, 5) is 9.84. The van der Waals surface area contributed by atoms with E-state index in [-0.39, 0.29) is 29.7 Å². The average molecular weight is 433 g/mol. The molecule has 1 aliphatic rings. The number of aryl methyl sites for hydroxylation is 1. The molecule has 1 aliphatic heterocycles. The summed E-state index contributed by atoms with van der Waals surface area (Å²) < 4.78 is 67.2. The molecule has 1 saturated heterocycles. The van der Waals surface area contributed by atoms with Crippen LogP contribution < -0.4 is 5.32 Å². The fourth-order valence-corrected chi connectivity index (χ4v) is 4.63. The maximum Gasteiger partial charge on any atom is 0.423 e. The summed E-state index contributed by atoms with van der Waals surface area (Å²) in [6.45, 7) is 0.377. The third-order valence-corrected chi connectivity index (χ3v) is 6.49. The van der Waals surface area contributed by atoms with Crippen molar-refractivity contribution in [3.8, 4) is 0 Å². The lowest BCUT2D eigenvalue weighted by Gasteiger charge is -2.31. The average Bonchev–Trinajstić information content (AvgIpc) is 3.08. The SMILES string of the molecule is Cn1cc(S(=O)(=O)N2CCC(Nc3ccc([N+](=O)[O-])c(C(F)(F)F)c3)CC2)cn1. The van der Waals surface area contributed by atoms with Gasteiger partial charge in [-0.25, -0.2) is 8.42 Å². The van der Waals surface area contributed by atoms with E-state index in [2.05, 4.69) is 10.4 Å². The van der Waals surface area contributed by atoms with Gasteiger partial charge in [0.15, 0.2) is 0 Å². The number of hydrogen-bond acceptors (Lipinski definition) is 6. The highest BCUT2D eigenvalue weighted by molar-refractivity contribution is 7.89. The van der Waals surface area contributed by atoms with E-state index in [0.29, 0.717) is 18.9 Å². The van der Waals surface area contributed by atoms with Crippen LogP contribution in [0.2, 0.25) is 0 Å². The molecule has 13 heteroatoms. The number of nitrogens with one attached hydrogen (secondary N) is 1. The highest BCUT2D eigenvalue weighted by Gasteiger charge is 2.38. The zero-order valence-electron chi connectivity index (χ0n) is 15.3. The van der Waals surface area contributed by atoms with Gasteiger partial charge in [-0.15, -0.1) is 0 Å². The number of nitrogens with zero attached hydrogens (tertiary/aromatic N) is 4. The lowest BCUT2D eigenvalue weighted by atomic mass is 10.1. The summed E-state index contributed by atoms with van der Waals surface area (Å²) in [5.41, 5.74) is -2.25. The molecule has 0 atom stereocenters. The number of sulfonamides is 1. The highest BCUT2D eigenvalue weighted by Crippen LogP contribution is 2.38. The summed E-state index contributed by atoms with van der Waals surface area (Å²) >= 11 is 0. The number of hydrogen-bond donors (Lipinski definition) is 1. The third-order valence-electron chi connectivity index (χ3n) is 4.64. The van der Waals surface area contributed by atoms with Gasteiger partial charge in [0.05, 0.1) is 11.1 Å². The Morgan fingerprint density at radius 3 is 2.45 bits per heavy atom. The molecule has 0 spiro atoms. The standard InChI is InChI=1S/C16H18F3N5O4S/c1-22-10-13(9-20-22)29(27,28)23-6-4-11(5-7-23)21-12-2-3-15(24(25)26)14(8-12)16(17,18)19/h2-3,8-11,21H,4-7H2,1H3. The van der Waals surface area contributed by atoms with Crippen molar-refractivity contribution in [1.29, 1.82) is 0 Å². The maximum atomic E-state index is 13.1. The van der Waals surface area contributed by atoms with Crippen LogP contribution in [0, 0.1) is 10.1 Å². The minimum Gasteiger partial charge on any atom is -0.382 e. The number of aromatic nitrogens is 2.